The van der Waals surface area contributed by atoms with E-state index in [1.807, 2.05) is 18.2 Å². The predicted octanol–water partition coefficient (Wildman–Crippen LogP) is 4.35. The van der Waals surface area contributed by atoms with Gasteiger partial charge in [0.25, 0.3) is 0 Å². The molecule has 0 unspecified atom stereocenters. The summed E-state index contributed by atoms with van der Waals surface area (Å²) < 4.78 is 0. The summed E-state index contributed by atoms with van der Waals surface area (Å²) in [6, 6.07) is 12.3. The van der Waals surface area contributed by atoms with Gasteiger partial charge in [0.15, 0.2) is 0 Å². The monoisotopic (exact) mass is 276 g/mol. The SMILES string of the molecule is Cc1ccccc1SCC(=O)CCc1cccs1. The van der Waals surface area contributed by atoms with Gasteiger partial charge in [-0.3, -0.25) is 4.79 Å². The molecule has 3 heteroatoms. The molecule has 0 aliphatic carbocycles. The number of carbonyl (C=O) groups excluding carboxylic acids is 1. The van der Waals surface area contributed by atoms with Crippen LogP contribution in [-0.4, -0.2) is 11.5 Å². The zero-order valence-corrected chi connectivity index (χ0v) is 12.0. The van der Waals surface area contributed by atoms with Gasteiger partial charge in [0.1, 0.15) is 5.78 Å². The minimum absolute atomic E-state index is 0.330. The molecule has 0 radical (unpaired) electrons. The summed E-state index contributed by atoms with van der Waals surface area (Å²) >= 11 is 3.37. The molecule has 0 spiro atoms. The lowest BCUT2D eigenvalue weighted by Crippen LogP contribution is -2.02. The quantitative estimate of drug-likeness (QED) is 0.730. The van der Waals surface area contributed by atoms with Gasteiger partial charge in [-0.1, -0.05) is 24.3 Å². The fourth-order valence-corrected chi connectivity index (χ4v) is 3.31. The Kier molecular flexibility index (Phi) is 5.02. The first-order valence-corrected chi connectivity index (χ1v) is 7.85. The maximum absolute atomic E-state index is 11.8. The Balaban J connectivity index is 1.77. The summed E-state index contributed by atoms with van der Waals surface area (Å²) in [5, 5.41) is 2.06. The van der Waals surface area contributed by atoms with Crippen LogP contribution in [0.3, 0.4) is 0 Å². The van der Waals surface area contributed by atoms with Crippen LogP contribution < -0.4 is 0 Å². The molecule has 2 rings (SSSR count). The topological polar surface area (TPSA) is 17.1 Å². The normalized spacial score (nSPS) is 10.5. The standard InChI is InChI=1S/C15H16OS2/c1-12-5-2-3-7-15(12)18-11-13(16)8-9-14-6-4-10-17-14/h2-7,10H,8-9,11H2,1H3. The molecule has 1 nitrogen and oxygen atoms in total. The van der Waals surface area contributed by atoms with Crippen molar-refractivity contribution in [2.24, 2.45) is 0 Å². The summed E-state index contributed by atoms with van der Waals surface area (Å²) in [6.45, 7) is 2.08. The molecular weight excluding hydrogens is 260 g/mol. The highest BCUT2D eigenvalue weighted by Gasteiger charge is 2.05. The molecule has 0 fully saturated rings. The van der Waals surface area contributed by atoms with Crippen molar-refractivity contribution in [3.8, 4) is 0 Å². The van der Waals surface area contributed by atoms with Gasteiger partial charge < -0.3 is 0 Å². The molecule has 1 aromatic heterocycles. The molecule has 1 heterocycles. The zero-order valence-electron chi connectivity index (χ0n) is 10.4. The van der Waals surface area contributed by atoms with Crippen LogP contribution >= 0.6 is 23.1 Å². The lowest BCUT2D eigenvalue weighted by molar-refractivity contribution is -0.116. The van der Waals surface area contributed by atoms with Crippen molar-refractivity contribution < 1.29 is 4.79 Å². The maximum atomic E-state index is 11.8. The van der Waals surface area contributed by atoms with E-state index in [0.717, 1.165) is 6.42 Å². The maximum Gasteiger partial charge on any atom is 0.143 e. The third-order valence-corrected chi connectivity index (χ3v) is 4.88. The number of thiophene rings is 1. The molecule has 94 valence electrons. The third kappa shape index (κ3) is 4.00. The summed E-state index contributed by atoms with van der Waals surface area (Å²) in [5.74, 6) is 0.910. The number of carbonyl (C=O) groups is 1. The van der Waals surface area contributed by atoms with Crippen molar-refractivity contribution >= 4 is 28.9 Å². The van der Waals surface area contributed by atoms with Crippen molar-refractivity contribution in [3.05, 3.63) is 52.2 Å². The second kappa shape index (κ2) is 6.76. The van der Waals surface area contributed by atoms with Crippen LogP contribution in [0.4, 0.5) is 0 Å². The number of hydrogen-bond acceptors (Lipinski definition) is 3. The summed E-state index contributed by atoms with van der Waals surface area (Å²) in [5.41, 5.74) is 1.24. The molecule has 2 aromatic rings. The van der Waals surface area contributed by atoms with Gasteiger partial charge in [-0.25, -0.2) is 0 Å². The minimum atomic E-state index is 0.330. The summed E-state index contributed by atoms with van der Waals surface area (Å²) in [7, 11) is 0. The number of hydrogen-bond donors (Lipinski definition) is 0. The highest BCUT2D eigenvalue weighted by atomic mass is 32.2. The smallest absolute Gasteiger partial charge is 0.143 e. The molecular formula is C15H16OS2. The Morgan fingerprint density at radius 3 is 2.78 bits per heavy atom. The van der Waals surface area contributed by atoms with Gasteiger partial charge in [0.05, 0.1) is 5.75 Å². The van der Waals surface area contributed by atoms with Crippen molar-refractivity contribution in [2.75, 3.05) is 5.75 Å². The molecule has 18 heavy (non-hydrogen) atoms. The number of ketones is 1. The molecule has 0 N–H and O–H groups in total. The van der Waals surface area contributed by atoms with E-state index in [2.05, 4.69) is 30.5 Å². The fraction of sp³-hybridized carbons (Fsp3) is 0.267. The van der Waals surface area contributed by atoms with E-state index in [1.54, 1.807) is 23.1 Å². The average molecular weight is 276 g/mol. The van der Waals surface area contributed by atoms with Gasteiger partial charge in [-0.05, 0) is 36.4 Å². The van der Waals surface area contributed by atoms with E-state index in [4.69, 9.17) is 0 Å². The van der Waals surface area contributed by atoms with E-state index >= 15 is 0 Å². The van der Waals surface area contributed by atoms with Crippen LogP contribution in [0, 0.1) is 6.92 Å². The second-order valence-corrected chi connectivity index (χ2v) is 6.22. The molecule has 0 bridgehead atoms. The van der Waals surface area contributed by atoms with Gasteiger partial charge >= 0.3 is 0 Å². The molecule has 0 amide bonds. The predicted molar refractivity (Wildman–Crippen MR) is 79.6 cm³/mol. The number of thioether (sulfide) groups is 1. The Morgan fingerprint density at radius 1 is 1.22 bits per heavy atom. The van der Waals surface area contributed by atoms with Crippen molar-refractivity contribution in [2.45, 2.75) is 24.7 Å². The first kappa shape index (κ1) is 13.4. The van der Waals surface area contributed by atoms with Crippen molar-refractivity contribution in [3.63, 3.8) is 0 Å². The van der Waals surface area contributed by atoms with Crippen LogP contribution in [-0.2, 0) is 11.2 Å². The van der Waals surface area contributed by atoms with Crippen molar-refractivity contribution in [1.82, 2.24) is 0 Å². The first-order chi connectivity index (χ1) is 8.75. The number of Topliss-reactive ketones (excluding diaryl/α,β-unsaturated/α-hetero) is 1. The lowest BCUT2D eigenvalue weighted by Gasteiger charge is -2.04. The Morgan fingerprint density at radius 2 is 2.06 bits per heavy atom. The molecule has 1 aromatic carbocycles. The van der Waals surface area contributed by atoms with Crippen LogP contribution in [0.15, 0.2) is 46.7 Å². The average Bonchev–Trinajstić information content (AvgIpc) is 2.88. The van der Waals surface area contributed by atoms with Gasteiger partial charge in [0.2, 0.25) is 0 Å². The van der Waals surface area contributed by atoms with E-state index in [1.165, 1.54) is 15.3 Å². The molecule has 0 aliphatic rings. The van der Waals surface area contributed by atoms with Crippen LogP contribution in [0.25, 0.3) is 0 Å². The Bertz CT molecular complexity index is 503. The number of aryl methyl sites for hydroxylation is 2. The number of benzene rings is 1. The van der Waals surface area contributed by atoms with Gasteiger partial charge in [0, 0.05) is 16.2 Å². The fourth-order valence-electron chi connectivity index (χ4n) is 1.67. The third-order valence-electron chi connectivity index (χ3n) is 2.71. The van der Waals surface area contributed by atoms with E-state index < -0.39 is 0 Å². The van der Waals surface area contributed by atoms with E-state index in [-0.39, 0.29) is 0 Å². The van der Waals surface area contributed by atoms with Crippen LogP contribution in [0.5, 0.6) is 0 Å². The van der Waals surface area contributed by atoms with Crippen LogP contribution in [0.2, 0.25) is 0 Å². The highest BCUT2D eigenvalue weighted by Crippen LogP contribution is 2.22. The van der Waals surface area contributed by atoms with E-state index in [9.17, 15) is 4.79 Å². The Hall–Kier alpha value is -1.06. The largest absolute Gasteiger partial charge is 0.299 e. The molecule has 0 saturated heterocycles. The first-order valence-electron chi connectivity index (χ1n) is 5.98. The Labute approximate surface area is 116 Å². The number of rotatable bonds is 6. The summed E-state index contributed by atoms with van der Waals surface area (Å²) in [6.07, 6.45) is 1.53. The van der Waals surface area contributed by atoms with Gasteiger partial charge in [-0.2, -0.15) is 0 Å². The highest BCUT2D eigenvalue weighted by molar-refractivity contribution is 8.00. The van der Waals surface area contributed by atoms with Crippen LogP contribution in [0.1, 0.15) is 16.9 Å². The zero-order chi connectivity index (χ0) is 12.8. The van der Waals surface area contributed by atoms with Gasteiger partial charge in [-0.15, -0.1) is 23.1 Å². The second-order valence-electron chi connectivity index (χ2n) is 4.17. The van der Waals surface area contributed by atoms with Crippen molar-refractivity contribution in [1.29, 1.82) is 0 Å². The minimum Gasteiger partial charge on any atom is -0.299 e. The molecule has 0 aliphatic heterocycles. The molecule has 0 saturated carbocycles. The lowest BCUT2D eigenvalue weighted by atomic mass is 10.2. The molecule has 0 atom stereocenters. The van der Waals surface area contributed by atoms with E-state index in [0.29, 0.717) is 18.0 Å². The summed E-state index contributed by atoms with van der Waals surface area (Å²) in [4.78, 5) is 14.3.